The molecule has 0 aliphatic carbocycles. The van der Waals surface area contributed by atoms with E-state index in [9.17, 15) is 9.46 Å². The lowest BCUT2D eigenvalue weighted by Gasteiger charge is -2.07. The van der Waals surface area contributed by atoms with Crippen LogP contribution in [0.25, 0.3) is 0 Å². The van der Waals surface area contributed by atoms with Gasteiger partial charge in [-0.25, -0.2) is 0 Å². The van der Waals surface area contributed by atoms with E-state index in [1.807, 2.05) is 6.07 Å². The fraction of sp³-hybridized carbons (Fsp3) is 0.125. The molecule has 4 nitrogen and oxygen atoms in total. The Morgan fingerprint density at radius 2 is 2.31 bits per heavy atom. The number of hydrogen-bond acceptors (Lipinski definition) is 3. The van der Waals surface area contributed by atoms with Crippen molar-refractivity contribution >= 4 is 12.9 Å². The first-order valence-corrected chi connectivity index (χ1v) is 5.07. The van der Waals surface area contributed by atoms with E-state index in [1.165, 1.54) is 18.2 Å². The van der Waals surface area contributed by atoms with Gasteiger partial charge in [0.1, 0.15) is 0 Å². The summed E-state index contributed by atoms with van der Waals surface area (Å²) in [6, 6.07) is 7.76. The van der Waals surface area contributed by atoms with Gasteiger partial charge in [0.05, 0.1) is 16.9 Å². The quantitative estimate of drug-likeness (QED) is 0.718. The summed E-state index contributed by atoms with van der Waals surface area (Å²) < 4.78 is 15.7. The first kappa shape index (κ1) is 9.94. The lowest BCUT2D eigenvalue weighted by atomic mass is 10.2. The molecule has 0 heterocycles. The van der Waals surface area contributed by atoms with Crippen molar-refractivity contribution in [3.8, 4) is 6.07 Å². The van der Waals surface area contributed by atoms with Crippen LogP contribution < -0.4 is 5.30 Å². The van der Waals surface area contributed by atoms with E-state index in [1.54, 1.807) is 6.07 Å². The summed E-state index contributed by atoms with van der Waals surface area (Å²) >= 11 is 0. The number of rotatable bonds is 2. The Hall–Kier alpha value is -1.14. The Balaban J connectivity index is 3.18. The summed E-state index contributed by atoms with van der Waals surface area (Å²) in [6.45, 7) is 0. The van der Waals surface area contributed by atoms with E-state index >= 15 is 0 Å². The average molecular weight is 197 g/mol. The van der Waals surface area contributed by atoms with Gasteiger partial charge < -0.3 is 9.42 Å². The summed E-state index contributed by atoms with van der Waals surface area (Å²) in [5, 5.41) is 8.67. The molecule has 0 aliphatic heterocycles. The molecule has 0 aliphatic rings. The van der Waals surface area contributed by atoms with Crippen molar-refractivity contribution in [2.75, 3.05) is 7.11 Å². The summed E-state index contributed by atoms with van der Waals surface area (Å²) in [5.74, 6) is 0. The average Bonchev–Trinajstić information content (AvgIpc) is 2.18. The first-order valence-electron chi connectivity index (χ1n) is 3.49. The van der Waals surface area contributed by atoms with Crippen LogP contribution in [0.3, 0.4) is 0 Å². The minimum atomic E-state index is -3.72. The topological polar surface area (TPSA) is 70.3 Å². The largest absolute Gasteiger partial charge is 0.358 e. The predicted molar refractivity (Wildman–Crippen MR) is 47.6 cm³/mol. The molecule has 1 unspecified atom stereocenters. The molecular weight excluding hydrogens is 189 g/mol. The van der Waals surface area contributed by atoms with Gasteiger partial charge in [0, 0.05) is 7.11 Å². The zero-order valence-corrected chi connectivity index (χ0v) is 7.86. The maximum atomic E-state index is 11.3. The fourth-order valence-corrected chi connectivity index (χ4v) is 1.64. The Morgan fingerprint density at radius 1 is 1.62 bits per heavy atom. The SMILES string of the molecule is COP(=O)(O)c1cccc(C#N)c1. The number of nitriles is 1. The lowest BCUT2D eigenvalue weighted by Crippen LogP contribution is -2.05. The number of nitrogens with zero attached hydrogens (tertiary/aromatic N) is 1. The van der Waals surface area contributed by atoms with Crippen molar-refractivity contribution in [2.24, 2.45) is 0 Å². The molecular formula is C8H8NO3P. The molecule has 0 radical (unpaired) electrons. The van der Waals surface area contributed by atoms with Gasteiger partial charge in [-0.05, 0) is 18.2 Å². The van der Waals surface area contributed by atoms with Gasteiger partial charge in [0.15, 0.2) is 0 Å². The van der Waals surface area contributed by atoms with E-state index in [4.69, 9.17) is 5.26 Å². The van der Waals surface area contributed by atoms with Crippen LogP contribution in [0.15, 0.2) is 24.3 Å². The van der Waals surface area contributed by atoms with Gasteiger partial charge in [0.25, 0.3) is 0 Å². The van der Waals surface area contributed by atoms with Gasteiger partial charge in [-0.15, -0.1) is 0 Å². The number of benzene rings is 1. The highest BCUT2D eigenvalue weighted by molar-refractivity contribution is 7.61. The van der Waals surface area contributed by atoms with E-state index in [0.717, 1.165) is 7.11 Å². The monoisotopic (exact) mass is 197 g/mol. The van der Waals surface area contributed by atoms with Crippen molar-refractivity contribution in [1.29, 1.82) is 5.26 Å². The Morgan fingerprint density at radius 3 is 2.85 bits per heavy atom. The van der Waals surface area contributed by atoms with Crippen LogP contribution in [0.1, 0.15) is 5.56 Å². The smallest absolute Gasteiger partial charge is 0.321 e. The van der Waals surface area contributed by atoms with Crippen molar-refractivity contribution in [3.05, 3.63) is 29.8 Å². The van der Waals surface area contributed by atoms with E-state index in [-0.39, 0.29) is 5.30 Å². The molecule has 1 aromatic rings. The molecule has 1 N–H and O–H groups in total. The maximum Gasteiger partial charge on any atom is 0.358 e. The minimum absolute atomic E-state index is 0.133. The molecule has 0 saturated carbocycles. The van der Waals surface area contributed by atoms with Crippen molar-refractivity contribution in [3.63, 3.8) is 0 Å². The molecule has 1 atom stereocenters. The van der Waals surface area contributed by atoms with Crippen LogP contribution in [-0.4, -0.2) is 12.0 Å². The second-order valence-electron chi connectivity index (χ2n) is 2.37. The fourth-order valence-electron chi connectivity index (χ4n) is 0.857. The van der Waals surface area contributed by atoms with Crippen LogP contribution in [0, 0.1) is 11.3 Å². The third-order valence-electron chi connectivity index (χ3n) is 1.55. The van der Waals surface area contributed by atoms with Crippen LogP contribution in [0.4, 0.5) is 0 Å². The van der Waals surface area contributed by atoms with Gasteiger partial charge in [-0.1, -0.05) is 6.07 Å². The summed E-state index contributed by atoms with van der Waals surface area (Å²) in [4.78, 5) is 9.24. The van der Waals surface area contributed by atoms with Gasteiger partial charge >= 0.3 is 7.60 Å². The highest BCUT2D eigenvalue weighted by Crippen LogP contribution is 2.39. The zero-order valence-electron chi connectivity index (χ0n) is 6.97. The highest BCUT2D eigenvalue weighted by Gasteiger charge is 2.20. The van der Waals surface area contributed by atoms with Crippen LogP contribution in [0.2, 0.25) is 0 Å². The van der Waals surface area contributed by atoms with Crippen LogP contribution in [0.5, 0.6) is 0 Å². The number of hydrogen-bond donors (Lipinski definition) is 1. The second-order valence-corrected chi connectivity index (χ2v) is 4.29. The molecule has 13 heavy (non-hydrogen) atoms. The Bertz CT molecular complexity index is 397. The van der Waals surface area contributed by atoms with E-state index < -0.39 is 7.60 Å². The lowest BCUT2D eigenvalue weighted by molar-refractivity contribution is 0.328. The normalized spacial score (nSPS) is 14.5. The third-order valence-corrected chi connectivity index (χ3v) is 2.97. The third kappa shape index (κ3) is 2.16. The summed E-state index contributed by atoms with van der Waals surface area (Å²) in [6.07, 6.45) is 0. The van der Waals surface area contributed by atoms with Gasteiger partial charge in [0.2, 0.25) is 0 Å². The molecule has 1 rings (SSSR count). The first-order chi connectivity index (χ1) is 6.10. The zero-order chi connectivity index (χ0) is 9.90. The van der Waals surface area contributed by atoms with Crippen LogP contribution >= 0.6 is 7.60 Å². The Kier molecular flexibility index (Phi) is 2.84. The Labute approximate surface area is 75.9 Å². The van der Waals surface area contributed by atoms with Crippen LogP contribution in [-0.2, 0) is 9.09 Å². The van der Waals surface area contributed by atoms with Gasteiger partial charge in [-0.3, -0.25) is 4.57 Å². The summed E-state index contributed by atoms with van der Waals surface area (Å²) in [5.41, 5.74) is 0.337. The van der Waals surface area contributed by atoms with Crippen molar-refractivity contribution in [1.82, 2.24) is 0 Å². The second kappa shape index (κ2) is 3.71. The predicted octanol–water partition coefficient (Wildman–Crippen LogP) is 1.02. The van der Waals surface area contributed by atoms with E-state index in [2.05, 4.69) is 4.52 Å². The molecule has 0 fully saturated rings. The molecule has 0 bridgehead atoms. The maximum absolute atomic E-state index is 11.3. The molecule has 0 saturated heterocycles. The van der Waals surface area contributed by atoms with Crippen molar-refractivity contribution < 1.29 is 14.0 Å². The standard InChI is InChI=1S/C8H8NO3P/c1-12-13(10,11)8-4-2-3-7(5-8)6-9/h2-5H,1H3,(H,10,11). The van der Waals surface area contributed by atoms with Gasteiger partial charge in [-0.2, -0.15) is 5.26 Å². The minimum Gasteiger partial charge on any atom is -0.321 e. The molecule has 0 amide bonds. The van der Waals surface area contributed by atoms with Crippen molar-refractivity contribution in [2.45, 2.75) is 0 Å². The summed E-state index contributed by atoms with van der Waals surface area (Å²) in [7, 11) is -2.56. The van der Waals surface area contributed by atoms with E-state index in [0.29, 0.717) is 5.56 Å². The molecule has 68 valence electrons. The molecule has 0 aromatic heterocycles. The molecule has 1 aromatic carbocycles. The molecule has 0 spiro atoms. The highest BCUT2D eigenvalue weighted by atomic mass is 31.2. The molecule has 5 heteroatoms.